The number of carbonyl (C=O) groups excluding carboxylic acids is 1. The Morgan fingerprint density at radius 1 is 1.15 bits per heavy atom. The molecule has 1 N–H and O–H groups in total. The van der Waals surface area contributed by atoms with Gasteiger partial charge in [-0.3, -0.25) is 19.9 Å². The van der Waals surface area contributed by atoms with Crippen molar-refractivity contribution in [3.05, 3.63) is 34.1 Å². The molecule has 26 heavy (non-hydrogen) atoms. The normalized spacial score (nSPS) is 16.0. The van der Waals surface area contributed by atoms with Crippen molar-refractivity contribution in [2.75, 3.05) is 38.0 Å². The monoisotopic (exact) mass is 406 g/mol. The van der Waals surface area contributed by atoms with Gasteiger partial charge in [0.15, 0.2) is 0 Å². The van der Waals surface area contributed by atoms with E-state index in [2.05, 4.69) is 48.2 Å². The molecule has 4 heterocycles. The van der Waals surface area contributed by atoms with E-state index in [1.165, 1.54) is 16.2 Å². The first-order valence-electron chi connectivity index (χ1n) is 8.25. The SMILES string of the molecule is O=C(CN1CCN(Cc2csc(-c3cccs3)n2)CC1)Nc1nncs1. The smallest absolute Gasteiger partial charge is 0.240 e. The maximum Gasteiger partial charge on any atom is 0.240 e. The Kier molecular flexibility index (Phi) is 5.65. The van der Waals surface area contributed by atoms with Crippen LogP contribution in [0.15, 0.2) is 28.4 Å². The maximum atomic E-state index is 12.0. The van der Waals surface area contributed by atoms with Gasteiger partial charge in [-0.2, -0.15) is 0 Å². The molecule has 1 aliphatic rings. The van der Waals surface area contributed by atoms with Gasteiger partial charge in [0.05, 0.1) is 17.1 Å². The third kappa shape index (κ3) is 4.51. The fourth-order valence-corrected chi connectivity index (χ4v) is 4.90. The van der Waals surface area contributed by atoms with Crippen molar-refractivity contribution in [2.45, 2.75) is 6.54 Å². The van der Waals surface area contributed by atoms with Crippen LogP contribution < -0.4 is 5.32 Å². The largest absolute Gasteiger partial charge is 0.299 e. The first-order chi connectivity index (χ1) is 12.8. The molecule has 136 valence electrons. The van der Waals surface area contributed by atoms with Crippen molar-refractivity contribution in [2.24, 2.45) is 0 Å². The molecular weight excluding hydrogens is 388 g/mol. The molecule has 4 rings (SSSR count). The minimum absolute atomic E-state index is 0.0321. The van der Waals surface area contributed by atoms with E-state index in [9.17, 15) is 4.79 Å². The third-order valence-electron chi connectivity index (χ3n) is 4.11. The molecule has 1 aliphatic heterocycles. The van der Waals surface area contributed by atoms with Crippen molar-refractivity contribution in [3.63, 3.8) is 0 Å². The van der Waals surface area contributed by atoms with Crippen LogP contribution >= 0.6 is 34.0 Å². The molecule has 0 radical (unpaired) electrons. The fourth-order valence-electron chi connectivity index (χ4n) is 2.82. The fraction of sp³-hybridized carbons (Fsp3) is 0.375. The van der Waals surface area contributed by atoms with E-state index in [0.29, 0.717) is 11.7 Å². The van der Waals surface area contributed by atoms with E-state index in [4.69, 9.17) is 4.98 Å². The molecule has 0 atom stereocenters. The van der Waals surface area contributed by atoms with Gasteiger partial charge in [0.1, 0.15) is 10.5 Å². The Morgan fingerprint density at radius 3 is 2.73 bits per heavy atom. The Morgan fingerprint density at radius 2 is 2.00 bits per heavy atom. The quantitative estimate of drug-likeness (QED) is 0.678. The lowest BCUT2D eigenvalue weighted by atomic mass is 10.3. The second-order valence-electron chi connectivity index (χ2n) is 5.97. The van der Waals surface area contributed by atoms with Crippen LogP contribution in [0.4, 0.5) is 5.13 Å². The lowest BCUT2D eigenvalue weighted by Gasteiger charge is -2.33. The summed E-state index contributed by atoms with van der Waals surface area (Å²) in [6, 6.07) is 4.17. The Bertz CT molecular complexity index is 824. The summed E-state index contributed by atoms with van der Waals surface area (Å²) in [7, 11) is 0. The Balaban J connectivity index is 1.23. The molecular formula is C16H18N6OS3. The molecule has 7 nitrogen and oxygen atoms in total. The van der Waals surface area contributed by atoms with E-state index in [0.717, 1.165) is 43.4 Å². The van der Waals surface area contributed by atoms with Gasteiger partial charge in [0.2, 0.25) is 11.0 Å². The number of hydrogen-bond donors (Lipinski definition) is 1. The minimum Gasteiger partial charge on any atom is -0.299 e. The predicted molar refractivity (Wildman–Crippen MR) is 106 cm³/mol. The standard InChI is InChI=1S/C16H18N6OS3/c23-14(19-16-20-17-11-26-16)9-22-5-3-21(4-6-22)8-12-10-25-15(18-12)13-2-1-7-24-13/h1-2,7,10-11H,3-6,8-9H2,(H,19,20,23). The summed E-state index contributed by atoms with van der Waals surface area (Å²) in [5.41, 5.74) is 2.73. The van der Waals surface area contributed by atoms with Crippen molar-refractivity contribution >= 4 is 45.0 Å². The number of amides is 1. The highest BCUT2D eigenvalue weighted by Crippen LogP contribution is 2.28. The summed E-state index contributed by atoms with van der Waals surface area (Å²) in [6.07, 6.45) is 0. The molecule has 0 bridgehead atoms. The van der Waals surface area contributed by atoms with Gasteiger partial charge in [-0.1, -0.05) is 17.4 Å². The number of rotatable bonds is 6. The zero-order valence-electron chi connectivity index (χ0n) is 14.0. The molecule has 3 aromatic heterocycles. The van der Waals surface area contributed by atoms with E-state index in [1.807, 2.05) is 0 Å². The molecule has 0 spiro atoms. The van der Waals surface area contributed by atoms with Gasteiger partial charge in [-0.05, 0) is 11.4 Å². The highest BCUT2D eigenvalue weighted by atomic mass is 32.1. The van der Waals surface area contributed by atoms with E-state index >= 15 is 0 Å². The van der Waals surface area contributed by atoms with Crippen molar-refractivity contribution in [3.8, 4) is 9.88 Å². The number of hydrogen-bond acceptors (Lipinski definition) is 9. The summed E-state index contributed by atoms with van der Waals surface area (Å²) in [4.78, 5) is 22.6. The zero-order valence-corrected chi connectivity index (χ0v) is 16.4. The van der Waals surface area contributed by atoms with Crippen LogP contribution in [0.25, 0.3) is 9.88 Å². The highest BCUT2D eigenvalue weighted by molar-refractivity contribution is 7.20. The lowest BCUT2D eigenvalue weighted by molar-refractivity contribution is -0.117. The molecule has 1 amide bonds. The van der Waals surface area contributed by atoms with Gasteiger partial charge < -0.3 is 0 Å². The summed E-state index contributed by atoms with van der Waals surface area (Å²) >= 11 is 4.76. The number of thiazole rings is 1. The summed E-state index contributed by atoms with van der Waals surface area (Å²) in [6.45, 7) is 4.91. The van der Waals surface area contributed by atoms with Crippen LogP contribution in [-0.2, 0) is 11.3 Å². The second-order valence-corrected chi connectivity index (χ2v) is 8.60. The first-order valence-corrected chi connectivity index (χ1v) is 10.9. The number of nitrogens with one attached hydrogen (secondary N) is 1. The first kappa shape index (κ1) is 17.7. The average Bonchev–Trinajstić information content (AvgIpc) is 3.38. The molecule has 3 aromatic rings. The molecule has 1 saturated heterocycles. The third-order valence-corrected chi connectivity index (χ3v) is 6.64. The second kappa shape index (κ2) is 8.31. The van der Waals surface area contributed by atoms with Crippen molar-refractivity contribution in [1.82, 2.24) is 25.0 Å². The Hall–Kier alpha value is -1.72. The van der Waals surface area contributed by atoms with E-state index in [1.54, 1.807) is 28.2 Å². The van der Waals surface area contributed by atoms with Crippen LogP contribution in [0.2, 0.25) is 0 Å². The Labute approximate surface area is 163 Å². The molecule has 10 heteroatoms. The number of piperazine rings is 1. The lowest BCUT2D eigenvalue weighted by Crippen LogP contribution is -2.48. The maximum absolute atomic E-state index is 12.0. The van der Waals surface area contributed by atoms with E-state index < -0.39 is 0 Å². The van der Waals surface area contributed by atoms with Gasteiger partial charge in [0, 0.05) is 38.1 Å². The van der Waals surface area contributed by atoms with Crippen LogP contribution in [-0.4, -0.2) is 63.6 Å². The zero-order chi connectivity index (χ0) is 17.8. The predicted octanol–water partition coefficient (Wildman–Crippen LogP) is 2.48. The highest BCUT2D eigenvalue weighted by Gasteiger charge is 2.20. The van der Waals surface area contributed by atoms with Gasteiger partial charge in [-0.25, -0.2) is 4.98 Å². The number of aromatic nitrogens is 3. The number of carbonyl (C=O) groups is 1. The molecule has 0 saturated carbocycles. The van der Waals surface area contributed by atoms with Crippen LogP contribution in [0.5, 0.6) is 0 Å². The molecule has 0 unspecified atom stereocenters. The molecule has 0 aliphatic carbocycles. The van der Waals surface area contributed by atoms with Gasteiger partial charge in [0.25, 0.3) is 0 Å². The van der Waals surface area contributed by atoms with Gasteiger partial charge in [-0.15, -0.1) is 32.9 Å². The van der Waals surface area contributed by atoms with Crippen molar-refractivity contribution in [1.29, 1.82) is 0 Å². The van der Waals surface area contributed by atoms with Gasteiger partial charge >= 0.3 is 0 Å². The minimum atomic E-state index is -0.0321. The van der Waals surface area contributed by atoms with Crippen LogP contribution in [0.1, 0.15) is 5.69 Å². The van der Waals surface area contributed by atoms with Crippen LogP contribution in [0, 0.1) is 0 Å². The van der Waals surface area contributed by atoms with E-state index in [-0.39, 0.29) is 5.91 Å². The molecule has 1 fully saturated rings. The average molecular weight is 407 g/mol. The van der Waals surface area contributed by atoms with Crippen LogP contribution in [0.3, 0.4) is 0 Å². The summed E-state index contributed by atoms with van der Waals surface area (Å²) < 4.78 is 0. The number of nitrogens with zero attached hydrogens (tertiary/aromatic N) is 5. The number of anilines is 1. The van der Waals surface area contributed by atoms with Crippen molar-refractivity contribution < 1.29 is 4.79 Å². The summed E-state index contributed by atoms with van der Waals surface area (Å²) in [5.74, 6) is -0.0321. The summed E-state index contributed by atoms with van der Waals surface area (Å²) in [5, 5.41) is 16.2. The topological polar surface area (TPSA) is 74.2 Å². The molecule has 0 aromatic carbocycles. The number of thiophene rings is 1.